The minimum absolute atomic E-state index is 0.0688. The van der Waals surface area contributed by atoms with E-state index in [4.69, 9.17) is 20.4 Å². The van der Waals surface area contributed by atoms with Crippen LogP contribution in [0.3, 0.4) is 0 Å². The molecule has 120 valence electrons. The number of carbonyl (C=O) groups excluding carboxylic acids is 1. The van der Waals surface area contributed by atoms with Crippen LogP contribution in [0, 0.1) is 0 Å². The zero-order valence-electron chi connectivity index (χ0n) is 12.9. The SMILES string of the molecule is CC(C)(C)OC(=O)N(c1ccccc1)C1COC1C(N)=NO. The van der Waals surface area contributed by atoms with Crippen molar-refractivity contribution in [1.29, 1.82) is 0 Å². The van der Waals surface area contributed by atoms with Crippen LogP contribution in [0.2, 0.25) is 0 Å². The standard InChI is InChI=1S/C15H21N3O4/c1-15(2,3)22-14(19)18(10-7-5-4-6-8-10)11-9-21-12(11)13(16)17-20/h4-8,11-12,20H,9H2,1-3H3,(H2,16,17). The topological polar surface area (TPSA) is 97.4 Å². The summed E-state index contributed by atoms with van der Waals surface area (Å²) in [6.07, 6.45) is -1.15. The number of hydrogen-bond donors (Lipinski definition) is 2. The molecule has 1 amide bonds. The highest BCUT2D eigenvalue weighted by Crippen LogP contribution is 2.27. The molecule has 3 N–H and O–H groups in total. The number of benzene rings is 1. The summed E-state index contributed by atoms with van der Waals surface area (Å²) in [6.45, 7) is 5.68. The zero-order chi connectivity index (χ0) is 16.3. The number of carbonyl (C=O) groups is 1. The lowest BCUT2D eigenvalue weighted by atomic mass is 10.0. The Morgan fingerprint density at radius 2 is 2.05 bits per heavy atom. The molecule has 0 aliphatic carbocycles. The molecule has 0 spiro atoms. The predicted molar refractivity (Wildman–Crippen MR) is 82.1 cm³/mol. The summed E-state index contributed by atoms with van der Waals surface area (Å²) in [5, 5.41) is 11.8. The number of amidine groups is 1. The Morgan fingerprint density at radius 3 is 2.50 bits per heavy atom. The molecule has 0 saturated carbocycles. The van der Waals surface area contributed by atoms with Crippen LogP contribution in [-0.4, -0.2) is 41.5 Å². The largest absolute Gasteiger partial charge is 0.443 e. The molecule has 22 heavy (non-hydrogen) atoms. The molecular formula is C15H21N3O4. The number of ether oxygens (including phenoxy) is 2. The number of para-hydroxylation sites is 1. The van der Waals surface area contributed by atoms with E-state index in [2.05, 4.69) is 5.16 Å². The first kappa shape index (κ1) is 16.1. The van der Waals surface area contributed by atoms with E-state index in [-0.39, 0.29) is 18.5 Å². The smallest absolute Gasteiger partial charge is 0.415 e. The summed E-state index contributed by atoms with van der Waals surface area (Å²) in [4.78, 5) is 14.0. The molecule has 1 aromatic rings. The Morgan fingerprint density at radius 1 is 1.41 bits per heavy atom. The number of nitrogens with two attached hydrogens (primary N) is 1. The third kappa shape index (κ3) is 3.48. The van der Waals surface area contributed by atoms with E-state index in [0.29, 0.717) is 5.69 Å². The van der Waals surface area contributed by atoms with Crippen LogP contribution in [0.5, 0.6) is 0 Å². The second-order valence-corrected chi connectivity index (χ2v) is 6.03. The molecule has 2 rings (SSSR count). The number of nitrogens with zero attached hydrogens (tertiary/aromatic N) is 2. The number of oxime groups is 1. The highest BCUT2D eigenvalue weighted by atomic mass is 16.6. The molecule has 0 aromatic heterocycles. The van der Waals surface area contributed by atoms with Crippen LogP contribution in [0.4, 0.5) is 10.5 Å². The van der Waals surface area contributed by atoms with E-state index in [9.17, 15) is 4.79 Å². The first-order valence-corrected chi connectivity index (χ1v) is 7.00. The molecule has 0 radical (unpaired) electrons. The summed E-state index contributed by atoms with van der Waals surface area (Å²) in [7, 11) is 0. The van der Waals surface area contributed by atoms with Crippen LogP contribution in [0.25, 0.3) is 0 Å². The summed E-state index contributed by atoms with van der Waals surface area (Å²) >= 11 is 0. The van der Waals surface area contributed by atoms with Crippen LogP contribution in [-0.2, 0) is 9.47 Å². The fourth-order valence-electron chi connectivity index (χ4n) is 2.16. The average Bonchev–Trinajstić information content (AvgIpc) is 2.42. The molecule has 7 nitrogen and oxygen atoms in total. The minimum atomic E-state index is -0.655. The van der Waals surface area contributed by atoms with Gasteiger partial charge in [0.05, 0.1) is 12.6 Å². The molecule has 1 aliphatic rings. The Hall–Kier alpha value is -2.28. The molecular weight excluding hydrogens is 286 g/mol. The maximum Gasteiger partial charge on any atom is 0.415 e. The first-order chi connectivity index (χ1) is 10.3. The van der Waals surface area contributed by atoms with Gasteiger partial charge >= 0.3 is 6.09 Å². The Kier molecular flexibility index (Phi) is 4.56. The summed E-state index contributed by atoms with van der Waals surface area (Å²) in [5.74, 6) is -0.0688. The van der Waals surface area contributed by atoms with Gasteiger partial charge in [0, 0.05) is 5.69 Å². The lowest BCUT2D eigenvalue weighted by molar-refractivity contribution is -0.0379. The Bertz CT molecular complexity index is 554. The number of rotatable bonds is 3. The molecule has 1 aliphatic heterocycles. The van der Waals surface area contributed by atoms with Crippen LogP contribution in [0.1, 0.15) is 20.8 Å². The van der Waals surface area contributed by atoms with Gasteiger partial charge in [-0.2, -0.15) is 0 Å². The molecule has 2 atom stereocenters. The van der Waals surface area contributed by atoms with E-state index in [1.165, 1.54) is 4.90 Å². The second kappa shape index (κ2) is 6.23. The van der Waals surface area contributed by atoms with Gasteiger partial charge in [0.15, 0.2) is 5.84 Å². The monoisotopic (exact) mass is 307 g/mol. The van der Waals surface area contributed by atoms with Gasteiger partial charge in [-0.3, -0.25) is 4.90 Å². The normalized spacial score (nSPS) is 21.9. The van der Waals surface area contributed by atoms with Gasteiger partial charge in [0.1, 0.15) is 11.7 Å². The number of hydrogen-bond acceptors (Lipinski definition) is 5. The van der Waals surface area contributed by atoms with E-state index in [0.717, 1.165) is 0 Å². The van der Waals surface area contributed by atoms with Crippen molar-refractivity contribution in [3.05, 3.63) is 30.3 Å². The highest BCUT2D eigenvalue weighted by molar-refractivity contribution is 5.93. The van der Waals surface area contributed by atoms with Crippen molar-refractivity contribution < 1.29 is 19.5 Å². The molecule has 1 aromatic carbocycles. The van der Waals surface area contributed by atoms with Gasteiger partial charge < -0.3 is 20.4 Å². The lowest BCUT2D eigenvalue weighted by Gasteiger charge is -2.43. The van der Waals surface area contributed by atoms with Crippen LogP contribution >= 0.6 is 0 Å². The maximum absolute atomic E-state index is 12.6. The quantitative estimate of drug-likeness (QED) is 0.385. The number of anilines is 1. The van der Waals surface area contributed by atoms with Crippen molar-refractivity contribution in [2.45, 2.75) is 38.5 Å². The van der Waals surface area contributed by atoms with Crippen molar-refractivity contribution in [1.82, 2.24) is 0 Å². The van der Waals surface area contributed by atoms with Gasteiger partial charge in [0.2, 0.25) is 0 Å². The third-order valence-corrected chi connectivity index (χ3v) is 3.16. The van der Waals surface area contributed by atoms with Crippen molar-refractivity contribution in [3.8, 4) is 0 Å². The fraction of sp³-hybridized carbons (Fsp3) is 0.467. The molecule has 7 heteroatoms. The third-order valence-electron chi connectivity index (χ3n) is 3.16. The van der Waals surface area contributed by atoms with Crippen molar-refractivity contribution >= 4 is 17.6 Å². The number of amides is 1. The average molecular weight is 307 g/mol. The van der Waals surface area contributed by atoms with Crippen LogP contribution < -0.4 is 10.6 Å². The van der Waals surface area contributed by atoms with Gasteiger partial charge in [-0.05, 0) is 32.9 Å². The van der Waals surface area contributed by atoms with Crippen molar-refractivity contribution in [3.63, 3.8) is 0 Å². The lowest BCUT2D eigenvalue weighted by Crippen LogP contribution is -2.63. The molecule has 1 fully saturated rings. The molecule has 2 unspecified atom stereocenters. The highest BCUT2D eigenvalue weighted by Gasteiger charge is 2.44. The van der Waals surface area contributed by atoms with E-state index in [1.54, 1.807) is 32.9 Å². The maximum atomic E-state index is 12.6. The van der Waals surface area contributed by atoms with Crippen LogP contribution in [0.15, 0.2) is 35.5 Å². The van der Waals surface area contributed by atoms with E-state index in [1.807, 2.05) is 18.2 Å². The Balaban J connectivity index is 2.29. The summed E-state index contributed by atoms with van der Waals surface area (Å²) in [6, 6.07) is 8.72. The van der Waals surface area contributed by atoms with Gasteiger partial charge in [-0.25, -0.2) is 4.79 Å². The first-order valence-electron chi connectivity index (χ1n) is 7.00. The molecule has 1 heterocycles. The van der Waals surface area contributed by atoms with E-state index >= 15 is 0 Å². The van der Waals surface area contributed by atoms with Crippen molar-refractivity contribution in [2.24, 2.45) is 10.9 Å². The minimum Gasteiger partial charge on any atom is -0.443 e. The molecule has 0 bridgehead atoms. The predicted octanol–water partition coefficient (Wildman–Crippen LogP) is 1.94. The van der Waals surface area contributed by atoms with Gasteiger partial charge in [-0.1, -0.05) is 23.4 Å². The van der Waals surface area contributed by atoms with Crippen molar-refractivity contribution in [2.75, 3.05) is 11.5 Å². The molecule has 1 saturated heterocycles. The van der Waals surface area contributed by atoms with Gasteiger partial charge in [-0.15, -0.1) is 0 Å². The second-order valence-electron chi connectivity index (χ2n) is 6.03. The van der Waals surface area contributed by atoms with E-state index < -0.39 is 17.8 Å². The zero-order valence-corrected chi connectivity index (χ0v) is 12.9. The summed E-state index contributed by atoms with van der Waals surface area (Å²) < 4.78 is 10.8. The van der Waals surface area contributed by atoms with Gasteiger partial charge in [0.25, 0.3) is 0 Å². The Labute approximate surface area is 129 Å². The summed E-state index contributed by atoms with van der Waals surface area (Å²) in [5.41, 5.74) is 5.65. The fourth-order valence-corrected chi connectivity index (χ4v) is 2.16.